The monoisotopic (exact) mass is 571 g/mol. The van der Waals surface area contributed by atoms with Crippen molar-refractivity contribution in [3.8, 4) is 0 Å². The zero-order valence-corrected chi connectivity index (χ0v) is 25.2. The largest absolute Gasteiger partial charge is 0.392 e. The van der Waals surface area contributed by atoms with Gasteiger partial charge in [-0.3, -0.25) is 24.2 Å². The molecule has 0 radical (unpaired) electrons. The first-order valence-corrected chi connectivity index (χ1v) is 14.3. The summed E-state index contributed by atoms with van der Waals surface area (Å²) in [6.45, 7) is 16.5. The van der Waals surface area contributed by atoms with Crippen LogP contribution in [-0.4, -0.2) is 64.5 Å². The minimum Gasteiger partial charge on any atom is -0.392 e. The molecule has 0 saturated carbocycles. The zero-order chi connectivity index (χ0) is 31.1. The SMILES string of the molecule is C=CCCC(O)C(C)C(=O)NC(C(=O)NC(C)C(=O)N1CCCC(C(N)=O)N1)C(C)C.C=Cc1cccc(CC)c1. The Labute approximate surface area is 244 Å². The first-order valence-electron chi connectivity index (χ1n) is 14.3. The molecule has 5 unspecified atom stereocenters. The van der Waals surface area contributed by atoms with Gasteiger partial charge in [0.1, 0.15) is 18.1 Å². The van der Waals surface area contributed by atoms with Crippen LogP contribution >= 0.6 is 0 Å². The molecule has 0 spiro atoms. The van der Waals surface area contributed by atoms with E-state index in [1.54, 1.807) is 26.8 Å². The molecule has 4 amide bonds. The molecule has 1 aliphatic rings. The van der Waals surface area contributed by atoms with Crippen molar-refractivity contribution in [2.75, 3.05) is 6.54 Å². The van der Waals surface area contributed by atoms with Crippen molar-refractivity contribution in [1.82, 2.24) is 21.1 Å². The van der Waals surface area contributed by atoms with Crippen LogP contribution in [0.3, 0.4) is 0 Å². The molecular formula is C31H49N5O5. The minimum absolute atomic E-state index is 0.240. The van der Waals surface area contributed by atoms with Crippen molar-refractivity contribution >= 4 is 29.7 Å². The van der Waals surface area contributed by atoms with Crippen molar-refractivity contribution in [1.29, 1.82) is 0 Å². The van der Waals surface area contributed by atoms with Gasteiger partial charge >= 0.3 is 0 Å². The van der Waals surface area contributed by atoms with Gasteiger partial charge in [-0.05, 0) is 56.1 Å². The van der Waals surface area contributed by atoms with Crippen molar-refractivity contribution < 1.29 is 24.3 Å². The standard InChI is InChI=1S/C21H37N5O5.C10H12/c1-6-7-10-16(27)13(4)19(29)24-17(12(2)3)20(30)23-14(5)21(31)26-11-8-9-15(25-26)18(22)28;1-3-9-6-5-7-10(4-2)8-9/h6,12-17,25,27H,1,7-11H2,2-5H3,(H2,22,28)(H,23,30)(H,24,29);3,5-8H,1,4H2,2H3. The van der Waals surface area contributed by atoms with Gasteiger partial charge in [-0.1, -0.05) is 70.7 Å². The third kappa shape index (κ3) is 11.9. The molecule has 6 N–H and O–H groups in total. The highest BCUT2D eigenvalue weighted by Gasteiger charge is 2.33. The average molecular weight is 572 g/mol. The lowest BCUT2D eigenvalue weighted by Gasteiger charge is -2.34. The Bertz CT molecular complexity index is 1040. The smallest absolute Gasteiger partial charge is 0.258 e. The number of hydrazine groups is 1. The van der Waals surface area contributed by atoms with E-state index in [1.165, 1.54) is 23.1 Å². The summed E-state index contributed by atoms with van der Waals surface area (Å²) in [5.74, 6) is -2.82. The van der Waals surface area contributed by atoms with E-state index in [0.717, 1.165) is 6.42 Å². The second-order valence-corrected chi connectivity index (χ2v) is 10.7. The van der Waals surface area contributed by atoms with Crippen LogP contribution in [0.4, 0.5) is 0 Å². The highest BCUT2D eigenvalue weighted by Crippen LogP contribution is 2.13. The zero-order valence-electron chi connectivity index (χ0n) is 25.2. The van der Waals surface area contributed by atoms with Gasteiger partial charge in [-0.2, -0.15) is 0 Å². The van der Waals surface area contributed by atoms with Gasteiger partial charge in [-0.15, -0.1) is 6.58 Å². The Hall–Kier alpha value is -3.50. The van der Waals surface area contributed by atoms with E-state index in [1.807, 2.05) is 6.08 Å². The molecule has 1 saturated heterocycles. The van der Waals surface area contributed by atoms with E-state index in [-0.39, 0.29) is 5.92 Å². The Balaban J connectivity index is 0.000000702. The molecule has 0 aliphatic carbocycles. The summed E-state index contributed by atoms with van der Waals surface area (Å²) in [4.78, 5) is 49.4. The molecule has 0 aromatic heterocycles. The van der Waals surface area contributed by atoms with E-state index in [9.17, 15) is 24.3 Å². The van der Waals surface area contributed by atoms with Crippen molar-refractivity contribution in [2.24, 2.45) is 17.6 Å². The number of carbonyl (C=O) groups is 4. The fourth-order valence-electron chi connectivity index (χ4n) is 4.22. The Kier molecular flexibility index (Phi) is 15.6. The molecule has 1 fully saturated rings. The van der Waals surface area contributed by atoms with Crippen LogP contribution in [0, 0.1) is 11.8 Å². The highest BCUT2D eigenvalue weighted by atomic mass is 16.3. The van der Waals surface area contributed by atoms with E-state index in [0.29, 0.717) is 32.2 Å². The number of rotatable bonds is 13. The van der Waals surface area contributed by atoms with E-state index in [4.69, 9.17) is 5.73 Å². The average Bonchev–Trinajstić information content (AvgIpc) is 2.97. The van der Waals surface area contributed by atoms with Gasteiger partial charge in [0.15, 0.2) is 0 Å². The number of hydrogen-bond acceptors (Lipinski definition) is 6. The van der Waals surface area contributed by atoms with Crippen molar-refractivity contribution in [3.05, 3.63) is 54.6 Å². The first kappa shape index (κ1) is 35.5. The number of primary amides is 1. The number of amides is 4. The molecule has 10 nitrogen and oxygen atoms in total. The van der Waals surface area contributed by atoms with Crippen LogP contribution < -0.4 is 21.8 Å². The Morgan fingerprint density at radius 3 is 2.39 bits per heavy atom. The second-order valence-electron chi connectivity index (χ2n) is 10.7. The van der Waals surface area contributed by atoms with E-state index in [2.05, 4.69) is 60.4 Å². The highest BCUT2D eigenvalue weighted by molar-refractivity contribution is 5.92. The summed E-state index contributed by atoms with van der Waals surface area (Å²) < 4.78 is 0. The molecule has 228 valence electrons. The van der Waals surface area contributed by atoms with E-state index < -0.39 is 53.8 Å². The molecule has 1 heterocycles. The predicted molar refractivity (Wildman–Crippen MR) is 162 cm³/mol. The molecule has 0 bridgehead atoms. The number of benzene rings is 1. The van der Waals surface area contributed by atoms with Crippen LogP contribution in [0.2, 0.25) is 0 Å². The van der Waals surface area contributed by atoms with Gasteiger partial charge in [0, 0.05) is 6.54 Å². The number of aliphatic hydroxyl groups excluding tert-OH is 1. The fraction of sp³-hybridized carbons (Fsp3) is 0.548. The number of aliphatic hydroxyl groups is 1. The Morgan fingerprint density at radius 1 is 1.15 bits per heavy atom. The summed E-state index contributed by atoms with van der Waals surface area (Å²) >= 11 is 0. The second kappa shape index (κ2) is 18.0. The molecule has 10 heteroatoms. The van der Waals surface area contributed by atoms with Crippen LogP contribution in [0.25, 0.3) is 6.08 Å². The van der Waals surface area contributed by atoms with Crippen LogP contribution in [-0.2, 0) is 25.6 Å². The third-order valence-electron chi connectivity index (χ3n) is 7.02. The van der Waals surface area contributed by atoms with E-state index >= 15 is 0 Å². The lowest BCUT2D eigenvalue weighted by Crippen LogP contribution is -2.61. The quantitative estimate of drug-likeness (QED) is 0.229. The summed E-state index contributed by atoms with van der Waals surface area (Å²) in [5, 5.41) is 16.7. The predicted octanol–water partition coefficient (Wildman–Crippen LogP) is 2.47. The molecule has 1 aromatic carbocycles. The van der Waals surface area contributed by atoms with Gasteiger partial charge in [0.25, 0.3) is 5.91 Å². The summed E-state index contributed by atoms with van der Waals surface area (Å²) in [5.41, 5.74) is 10.7. The molecular weight excluding hydrogens is 522 g/mol. The van der Waals surface area contributed by atoms with Crippen LogP contribution in [0.5, 0.6) is 0 Å². The van der Waals surface area contributed by atoms with Gasteiger partial charge in [0.05, 0.1) is 12.0 Å². The molecule has 1 aromatic rings. The first-order chi connectivity index (χ1) is 19.4. The lowest BCUT2D eigenvalue weighted by molar-refractivity contribution is -0.143. The van der Waals surface area contributed by atoms with Crippen molar-refractivity contribution in [3.63, 3.8) is 0 Å². The lowest BCUT2D eigenvalue weighted by atomic mass is 9.97. The minimum atomic E-state index is -0.875. The maximum absolute atomic E-state index is 12.8. The molecule has 5 atom stereocenters. The summed E-state index contributed by atoms with van der Waals surface area (Å²) in [6, 6.07) is 6.05. The number of allylic oxidation sites excluding steroid dienone is 1. The molecule has 2 rings (SSSR count). The number of aryl methyl sites for hydroxylation is 1. The third-order valence-corrected chi connectivity index (χ3v) is 7.02. The maximum atomic E-state index is 12.8. The van der Waals surface area contributed by atoms with Crippen LogP contribution in [0.15, 0.2) is 43.5 Å². The fourth-order valence-corrected chi connectivity index (χ4v) is 4.22. The summed E-state index contributed by atoms with van der Waals surface area (Å²) in [7, 11) is 0. The number of nitrogens with two attached hydrogens (primary N) is 1. The van der Waals surface area contributed by atoms with Gasteiger partial charge < -0.3 is 21.5 Å². The maximum Gasteiger partial charge on any atom is 0.258 e. The number of nitrogens with one attached hydrogen (secondary N) is 3. The Morgan fingerprint density at radius 2 is 1.83 bits per heavy atom. The van der Waals surface area contributed by atoms with Crippen LogP contribution in [0.1, 0.15) is 71.4 Å². The molecule has 41 heavy (non-hydrogen) atoms. The van der Waals surface area contributed by atoms with Gasteiger partial charge in [0.2, 0.25) is 17.7 Å². The van der Waals surface area contributed by atoms with Crippen molar-refractivity contribution in [2.45, 2.75) is 91.0 Å². The number of carbonyl (C=O) groups excluding carboxylic acids is 4. The topological polar surface area (TPSA) is 154 Å². The number of hydrogen-bond donors (Lipinski definition) is 5. The normalized spacial score (nSPS) is 17.6. The molecule has 1 aliphatic heterocycles. The van der Waals surface area contributed by atoms with Gasteiger partial charge in [-0.25, -0.2) is 5.43 Å². The number of nitrogens with zero attached hydrogens (tertiary/aromatic N) is 1. The summed E-state index contributed by atoms with van der Waals surface area (Å²) in [6.07, 6.45) is 5.92.